The Morgan fingerprint density at radius 1 is 1.46 bits per heavy atom. The summed E-state index contributed by atoms with van der Waals surface area (Å²) in [6.45, 7) is 3.82. The molecule has 0 fully saturated rings. The number of rotatable bonds is 3. The van der Waals surface area contributed by atoms with Gasteiger partial charge in [-0.25, -0.2) is 0 Å². The first-order valence-electron chi connectivity index (χ1n) is 4.32. The van der Waals surface area contributed by atoms with E-state index < -0.39 is 0 Å². The van der Waals surface area contributed by atoms with Gasteiger partial charge in [0.1, 0.15) is 0 Å². The van der Waals surface area contributed by atoms with E-state index in [1.54, 1.807) is 6.92 Å². The number of hydrogen-bond donors (Lipinski definition) is 1. The fourth-order valence-corrected chi connectivity index (χ4v) is 1.58. The van der Waals surface area contributed by atoms with Crippen LogP contribution in [0.4, 0.5) is 0 Å². The minimum Gasteiger partial charge on any atom is -0.393 e. The molecular formula is C10H14BrNO. The van der Waals surface area contributed by atoms with Crippen LogP contribution in [0.5, 0.6) is 0 Å². The van der Waals surface area contributed by atoms with Crippen LogP contribution in [0.2, 0.25) is 0 Å². The van der Waals surface area contributed by atoms with Crippen LogP contribution in [0.1, 0.15) is 23.9 Å². The Kier molecular flexibility index (Phi) is 3.88. The molecule has 13 heavy (non-hydrogen) atoms. The molecule has 2 nitrogen and oxygen atoms in total. The van der Waals surface area contributed by atoms with E-state index in [2.05, 4.69) is 20.9 Å². The van der Waals surface area contributed by atoms with Crippen molar-refractivity contribution in [1.29, 1.82) is 0 Å². The van der Waals surface area contributed by atoms with Gasteiger partial charge in [0.2, 0.25) is 0 Å². The highest BCUT2D eigenvalue weighted by Gasteiger charge is 2.02. The molecule has 1 rings (SSSR count). The van der Waals surface area contributed by atoms with Crippen LogP contribution < -0.4 is 0 Å². The van der Waals surface area contributed by atoms with Crippen LogP contribution in [0.15, 0.2) is 12.1 Å². The van der Waals surface area contributed by atoms with E-state index in [9.17, 15) is 5.11 Å². The lowest BCUT2D eigenvalue weighted by Gasteiger charge is -2.06. The average molecular weight is 244 g/mol. The lowest BCUT2D eigenvalue weighted by Crippen LogP contribution is -2.07. The number of aromatic nitrogens is 1. The van der Waals surface area contributed by atoms with Crippen LogP contribution in [-0.4, -0.2) is 16.2 Å². The van der Waals surface area contributed by atoms with Crippen molar-refractivity contribution in [1.82, 2.24) is 4.98 Å². The minimum absolute atomic E-state index is 0.322. The highest BCUT2D eigenvalue weighted by Crippen LogP contribution is 2.09. The lowest BCUT2D eigenvalue weighted by atomic mass is 10.1. The van der Waals surface area contributed by atoms with E-state index in [1.807, 2.05) is 19.1 Å². The molecule has 1 atom stereocenters. The van der Waals surface area contributed by atoms with Crippen LogP contribution in [0, 0.1) is 6.92 Å². The first kappa shape index (κ1) is 10.7. The number of nitrogens with zero attached hydrogens (tertiary/aromatic N) is 1. The molecule has 1 N–H and O–H groups in total. The predicted octanol–water partition coefficient (Wildman–Crippen LogP) is 2.21. The van der Waals surface area contributed by atoms with Gasteiger partial charge in [-0.05, 0) is 31.5 Å². The van der Waals surface area contributed by atoms with Gasteiger partial charge in [0.25, 0.3) is 0 Å². The zero-order valence-corrected chi connectivity index (χ0v) is 9.50. The summed E-state index contributed by atoms with van der Waals surface area (Å²) in [5.74, 6) is 0. The number of aliphatic hydroxyl groups is 1. The number of aryl methyl sites for hydroxylation is 1. The second-order valence-corrected chi connectivity index (χ2v) is 3.87. The first-order valence-corrected chi connectivity index (χ1v) is 5.44. The third-order valence-electron chi connectivity index (χ3n) is 1.72. The SMILES string of the molecule is Cc1cc(CBr)nc(CC(C)O)c1. The molecular weight excluding hydrogens is 230 g/mol. The van der Waals surface area contributed by atoms with E-state index in [0.717, 1.165) is 16.7 Å². The maximum Gasteiger partial charge on any atom is 0.0567 e. The maximum atomic E-state index is 9.21. The number of hydrogen-bond acceptors (Lipinski definition) is 2. The van der Waals surface area contributed by atoms with Crippen molar-refractivity contribution in [3.05, 3.63) is 29.1 Å². The Balaban J connectivity index is 2.88. The number of aliphatic hydroxyl groups excluding tert-OH is 1. The molecule has 0 amide bonds. The topological polar surface area (TPSA) is 33.1 Å². The molecule has 72 valence electrons. The average Bonchev–Trinajstić information content (AvgIpc) is 2.01. The smallest absolute Gasteiger partial charge is 0.0567 e. The first-order chi connectivity index (χ1) is 6.11. The van der Waals surface area contributed by atoms with Gasteiger partial charge in [-0.3, -0.25) is 4.98 Å². The summed E-state index contributed by atoms with van der Waals surface area (Å²) in [6.07, 6.45) is 0.305. The van der Waals surface area contributed by atoms with Crippen LogP contribution in [-0.2, 0) is 11.8 Å². The van der Waals surface area contributed by atoms with Crippen molar-refractivity contribution >= 4 is 15.9 Å². The molecule has 0 saturated carbocycles. The van der Waals surface area contributed by atoms with Crippen molar-refractivity contribution in [3.63, 3.8) is 0 Å². The minimum atomic E-state index is -0.322. The van der Waals surface area contributed by atoms with Crippen molar-refractivity contribution < 1.29 is 5.11 Å². The zero-order valence-electron chi connectivity index (χ0n) is 7.92. The zero-order chi connectivity index (χ0) is 9.84. The van der Waals surface area contributed by atoms with Gasteiger partial charge in [-0.2, -0.15) is 0 Å². The van der Waals surface area contributed by atoms with Gasteiger partial charge in [0.05, 0.1) is 11.8 Å². The summed E-state index contributed by atoms with van der Waals surface area (Å²) in [7, 11) is 0. The Labute approximate surface area is 87.1 Å². The van der Waals surface area contributed by atoms with Gasteiger partial charge < -0.3 is 5.11 Å². The third kappa shape index (κ3) is 3.44. The van der Waals surface area contributed by atoms with E-state index in [1.165, 1.54) is 5.56 Å². The van der Waals surface area contributed by atoms with Crippen molar-refractivity contribution in [2.45, 2.75) is 31.7 Å². The summed E-state index contributed by atoms with van der Waals surface area (Å²) in [4.78, 5) is 4.39. The fourth-order valence-electron chi connectivity index (χ4n) is 1.29. The van der Waals surface area contributed by atoms with Crippen LogP contribution in [0.3, 0.4) is 0 Å². The highest BCUT2D eigenvalue weighted by atomic mass is 79.9. The van der Waals surface area contributed by atoms with Gasteiger partial charge in [-0.1, -0.05) is 15.9 Å². The predicted molar refractivity (Wildman–Crippen MR) is 57.0 cm³/mol. The van der Waals surface area contributed by atoms with Gasteiger partial charge in [0, 0.05) is 17.4 Å². The van der Waals surface area contributed by atoms with Gasteiger partial charge in [0.15, 0.2) is 0 Å². The molecule has 0 spiro atoms. The number of pyridine rings is 1. The molecule has 0 radical (unpaired) electrons. The molecule has 0 aliphatic carbocycles. The molecule has 3 heteroatoms. The van der Waals surface area contributed by atoms with E-state index in [0.29, 0.717) is 6.42 Å². The maximum absolute atomic E-state index is 9.21. The third-order valence-corrected chi connectivity index (χ3v) is 2.29. The normalized spacial score (nSPS) is 12.9. The molecule has 1 aromatic heterocycles. The monoisotopic (exact) mass is 243 g/mol. The quantitative estimate of drug-likeness (QED) is 0.827. The van der Waals surface area contributed by atoms with E-state index in [-0.39, 0.29) is 6.10 Å². The standard InChI is InChI=1S/C10H14BrNO/c1-7-3-9(5-8(2)13)12-10(4-7)6-11/h3-4,8,13H,5-6H2,1-2H3. The molecule has 1 unspecified atom stereocenters. The molecule has 0 bridgehead atoms. The highest BCUT2D eigenvalue weighted by molar-refractivity contribution is 9.08. The number of halogens is 1. The lowest BCUT2D eigenvalue weighted by molar-refractivity contribution is 0.194. The van der Waals surface area contributed by atoms with E-state index >= 15 is 0 Å². The number of alkyl halides is 1. The summed E-state index contributed by atoms with van der Waals surface area (Å²) < 4.78 is 0. The molecule has 1 heterocycles. The Bertz CT molecular complexity index is 286. The summed E-state index contributed by atoms with van der Waals surface area (Å²) in [5, 5.41) is 9.97. The molecule has 0 saturated heterocycles. The largest absolute Gasteiger partial charge is 0.393 e. The Morgan fingerprint density at radius 3 is 2.62 bits per heavy atom. The van der Waals surface area contributed by atoms with Gasteiger partial charge >= 0.3 is 0 Å². The van der Waals surface area contributed by atoms with Crippen LogP contribution in [0.25, 0.3) is 0 Å². The summed E-state index contributed by atoms with van der Waals surface area (Å²) in [5.41, 5.74) is 3.18. The molecule has 0 aliphatic rings. The summed E-state index contributed by atoms with van der Waals surface area (Å²) in [6, 6.07) is 4.05. The van der Waals surface area contributed by atoms with Crippen molar-refractivity contribution in [3.8, 4) is 0 Å². The molecule has 0 aromatic carbocycles. The molecule has 1 aromatic rings. The fraction of sp³-hybridized carbons (Fsp3) is 0.500. The van der Waals surface area contributed by atoms with Gasteiger partial charge in [-0.15, -0.1) is 0 Å². The van der Waals surface area contributed by atoms with Crippen molar-refractivity contribution in [2.24, 2.45) is 0 Å². The Hall–Kier alpha value is -0.410. The Morgan fingerprint density at radius 2 is 2.08 bits per heavy atom. The second-order valence-electron chi connectivity index (χ2n) is 3.31. The summed E-state index contributed by atoms with van der Waals surface area (Å²) >= 11 is 3.37. The van der Waals surface area contributed by atoms with Crippen molar-refractivity contribution in [2.75, 3.05) is 0 Å². The van der Waals surface area contributed by atoms with E-state index in [4.69, 9.17) is 0 Å². The second kappa shape index (κ2) is 4.72. The van der Waals surface area contributed by atoms with Crippen LogP contribution >= 0.6 is 15.9 Å². The molecule has 0 aliphatic heterocycles.